The molecule has 0 aliphatic rings. The van der Waals surface area contributed by atoms with Crippen LogP contribution in [-0.4, -0.2) is 22.7 Å². The van der Waals surface area contributed by atoms with Gasteiger partial charge in [-0.1, -0.05) is 29.3 Å². The molecule has 0 radical (unpaired) electrons. The van der Waals surface area contributed by atoms with Gasteiger partial charge in [0, 0.05) is 19.4 Å². The summed E-state index contributed by atoms with van der Waals surface area (Å²) in [5, 5.41) is 12.9. The lowest BCUT2D eigenvalue weighted by Crippen LogP contribution is -2.16. The van der Waals surface area contributed by atoms with E-state index >= 15 is 0 Å². The van der Waals surface area contributed by atoms with Gasteiger partial charge in [0.25, 0.3) is 0 Å². The molecule has 0 atom stereocenters. The van der Waals surface area contributed by atoms with E-state index in [-0.39, 0.29) is 22.9 Å². The summed E-state index contributed by atoms with van der Waals surface area (Å²) in [6.45, 7) is 0. The van der Waals surface area contributed by atoms with Gasteiger partial charge in [0.15, 0.2) is 0 Å². The number of hydrogen-bond acceptors (Lipinski definition) is 3. The number of rotatable bonds is 6. The topological polar surface area (TPSA) is 66.4 Å². The summed E-state index contributed by atoms with van der Waals surface area (Å²) in [6.07, 6.45) is 0. The summed E-state index contributed by atoms with van der Waals surface area (Å²) in [6, 6.07) is 10.1. The maximum atomic E-state index is 12.0. The third kappa shape index (κ3) is 5.54. The van der Waals surface area contributed by atoms with Gasteiger partial charge in [0.2, 0.25) is 5.91 Å². The number of carboxylic acid groups (broad SMARTS) is 1. The highest BCUT2D eigenvalue weighted by Gasteiger charge is 2.13. The fraction of sp³-hybridized carbons (Fsp3) is 0.125. The maximum Gasteiger partial charge on any atom is 0.337 e. The molecule has 24 heavy (non-hydrogen) atoms. The molecule has 0 heterocycles. The molecule has 2 aromatic rings. The Balaban J connectivity index is 1.93. The van der Waals surface area contributed by atoms with Gasteiger partial charge in [-0.25, -0.2) is 4.79 Å². The van der Waals surface area contributed by atoms with E-state index in [0.29, 0.717) is 15.8 Å². The zero-order valence-electron chi connectivity index (χ0n) is 12.2. The van der Waals surface area contributed by atoms with Crippen molar-refractivity contribution in [3.05, 3.63) is 61.1 Å². The maximum absolute atomic E-state index is 12.0. The zero-order valence-corrected chi connectivity index (χ0v) is 16.7. The number of thioether (sulfide) groups is 1. The molecule has 0 aliphatic carbocycles. The van der Waals surface area contributed by atoms with Crippen molar-refractivity contribution in [3.8, 4) is 0 Å². The Morgan fingerprint density at radius 3 is 2.58 bits per heavy atom. The second kappa shape index (κ2) is 8.94. The average Bonchev–Trinajstić information content (AvgIpc) is 2.51. The number of benzene rings is 2. The van der Waals surface area contributed by atoms with Crippen molar-refractivity contribution in [3.63, 3.8) is 0 Å². The minimum Gasteiger partial charge on any atom is -0.478 e. The van der Waals surface area contributed by atoms with Gasteiger partial charge in [-0.05, 0) is 58.5 Å². The minimum atomic E-state index is -1.08. The second-order valence-corrected chi connectivity index (χ2v) is 7.85. The Kier molecular flexibility index (Phi) is 7.21. The quantitative estimate of drug-likeness (QED) is 0.542. The Labute approximate surface area is 167 Å². The Morgan fingerprint density at radius 1 is 1.17 bits per heavy atom. The SMILES string of the molecule is O=C(CSCc1ccc(Cl)cc1Cl)Nc1ccc(I)cc1C(=O)O. The van der Waals surface area contributed by atoms with Crippen LogP contribution in [0.1, 0.15) is 15.9 Å². The molecule has 8 heteroatoms. The van der Waals surface area contributed by atoms with Crippen molar-refractivity contribution in [2.45, 2.75) is 5.75 Å². The number of hydrogen-bond donors (Lipinski definition) is 2. The number of carbonyl (C=O) groups excluding carboxylic acids is 1. The third-order valence-corrected chi connectivity index (χ3v) is 5.23. The molecule has 4 nitrogen and oxygen atoms in total. The molecular weight excluding hydrogens is 484 g/mol. The molecule has 0 aliphatic heterocycles. The molecule has 0 fully saturated rings. The van der Waals surface area contributed by atoms with Gasteiger partial charge < -0.3 is 10.4 Å². The van der Waals surface area contributed by atoms with Gasteiger partial charge >= 0.3 is 5.97 Å². The van der Waals surface area contributed by atoms with Crippen molar-refractivity contribution >= 4 is 75.1 Å². The fourth-order valence-electron chi connectivity index (χ4n) is 1.88. The third-order valence-electron chi connectivity index (χ3n) is 2.99. The highest BCUT2D eigenvalue weighted by Crippen LogP contribution is 2.25. The number of anilines is 1. The Morgan fingerprint density at radius 2 is 1.92 bits per heavy atom. The first-order valence-electron chi connectivity index (χ1n) is 6.71. The van der Waals surface area contributed by atoms with Gasteiger partial charge in [-0.3, -0.25) is 4.79 Å². The number of aromatic carboxylic acids is 1. The lowest BCUT2D eigenvalue weighted by molar-refractivity contribution is -0.113. The Hall–Kier alpha value is -0.960. The number of halogens is 3. The van der Waals surface area contributed by atoms with Crippen molar-refractivity contribution in [1.82, 2.24) is 0 Å². The molecule has 1 amide bonds. The van der Waals surface area contributed by atoms with Gasteiger partial charge in [-0.15, -0.1) is 11.8 Å². The summed E-state index contributed by atoms with van der Waals surface area (Å²) in [7, 11) is 0. The van der Waals surface area contributed by atoms with Gasteiger partial charge in [0.1, 0.15) is 0 Å². The zero-order chi connectivity index (χ0) is 17.7. The monoisotopic (exact) mass is 495 g/mol. The predicted molar refractivity (Wildman–Crippen MR) is 107 cm³/mol. The number of carbonyl (C=O) groups is 2. The first kappa shape index (κ1) is 19.4. The van der Waals surface area contributed by atoms with Gasteiger partial charge in [-0.2, -0.15) is 0 Å². The van der Waals surface area contributed by atoms with Crippen molar-refractivity contribution in [1.29, 1.82) is 0 Å². The molecule has 0 spiro atoms. The van der Waals surface area contributed by atoms with E-state index in [1.165, 1.54) is 17.8 Å². The summed E-state index contributed by atoms with van der Waals surface area (Å²) < 4.78 is 0.787. The van der Waals surface area contributed by atoms with E-state index in [4.69, 9.17) is 23.2 Å². The predicted octanol–water partition coefficient (Wildman–Crippen LogP) is 5.17. The van der Waals surface area contributed by atoms with Crippen molar-refractivity contribution in [2.24, 2.45) is 0 Å². The Bertz CT molecular complexity index is 786. The van der Waals surface area contributed by atoms with E-state index in [0.717, 1.165) is 9.13 Å². The standard InChI is InChI=1S/C16H12Cl2INO3S/c17-10-2-1-9(13(18)5-10)7-24-8-15(21)20-14-4-3-11(19)6-12(14)16(22)23/h1-6H,7-8H2,(H,20,21)(H,22,23). The van der Waals surface area contributed by atoms with Crippen LogP contribution < -0.4 is 5.32 Å². The first-order chi connectivity index (χ1) is 11.4. The molecule has 0 unspecified atom stereocenters. The second-order valence-electron chi connectivity index (χ2n) is 4.77. The molecule has 0 aromatic heterocycles. The fourth-order valence-corrected chi connectivity index (χ4v) is 3.76. The smallest absolute Gasteiger partial charge is 0.337 e. The van der Waals surface area contributed by atoms with Crippen molar-refractivity contribution < 1.29 is 14.7 Å². The van der Waals surface area contributed by atoms with E-state index < -0.39 is 5.97 Å². The van der Waals surface area contributed by atoms with Crippen LogP contribution in [0.4, 0.5) is 5.69 Å². The lowest BCUT2D eigenvalue weighted by Gasteiger charge is -2.09. The largest absolute Gasteiger partial charge is 0.478 e. The van der Waals surface area contributed by atoms with Crippen LogP contribution in [-0.2, 0) is 10.5 Å². The molecule has 0 saturated heterocycles. The molecular formula is C16H12Cl2INO3S. The van der Waals surface area contributed by atoms with Crippen LogP contribution in [0.3, 0.4) is 0 Å². The summed E-state index contributed by atoms with van der Waals surface area (Å²) in [5.74, 6) is -0.607. The highest BCUT2D eigenvalue weighted by atomic mass is 127. The van der Waals surface area contributed by atoms with Crippen molar-refractivity contribution in [2.75, 3.05) is 11.1 Å². The van der Waals surface area contributed by atoms with E-state index in [9.17, 15) is 14.7 Å². The van der Waals surface area contributed by atoms with E-state index in [2.05, 4.69) is 5.32 Å². The first-order valence-corrected chi connectivity index (χ1v) is 9.70. The number of carboxylic acids is 1. The van der Waals surface area contributed by atoms with E-state index in [1.807, 2.05) is 28.7 Å². The average molecular weight is 496 g/mol. The summed E-state index contributed by atoms with van der Waals surface area (Å²) in [5.41, 5.74) is 1.25. The molecule has 2 aromatic carbocycles. The number of nitrogens with one attached hydrogen (secondary N) is 1. The van der Waals surface area contributed by atoms with E-state index in [1.54, 1.807) is 24.3 Å². The minimum absolute atomic E-state index is 0.0704. The van der Waals surface area contributed by atoms with Crippen LogP contribution in [0.5, 0.6) is 0 Å². The summed E-state index contributed by atoms with van der Waals surface area (Å²) in [4.78, 5) is 23.3. The van der Waals surface area contributed by atoms with Gasteiger partial charge in [0.05, 0.1) is 17.0 Å². The molecule has 0 bridgehead atoms. The lowest BCUT2D eigenvalue weighted by atomic mass is 10.2. The molecule has 2 rings (SSSR count). The summed E-state index contributed by atoms with van der Waals surface area (Å²) >= 11 is 15.3. The highest BCUT2D eigenvalue weighted by molar-refractivity contribution is 14.1. The van der Waals surface area contributed by atoms with Crippen LogP contribution >= 0.6 is 57.6 Å². The van der Waals surface area contributed by atoms with Crippen LogP contribution in [0, 0.1) is 3.57 Å². The number of amides is 1. The van der Waals surface area contributed by atoms with Crippen LogP contribution in [0.25, 0.3) is 0 Å². The molecule has 0 saturated carbocycles. The molecule has 2 N–H and O–H groups in total. The molecule has 126 valence electrons. The normalized spacial score (nSPS) is 10.5. The van der Waals surface area contributed by atoms with Crippen LogP contribution in [0.2, 0.25) is 10.0 Å². The van der Waals surface area contributed by atoms with Crippen LogP contribution in [0.15, 0.2) is 36.4 Å².